The molecule has 4 aromatic carbocycles. The van der Waals surface area contributed by atoms with Gasteiger partial charge in [-0.25, -0.2) is 0 Å². The number of hydrogen-bond donors (Lipinski definition) is 1. The van der Waals surface area contributed by atoms with Crippen LogP contribution in [0, 0.1) is 0 Å². The molecule has 184 valence electrons. The van der Waals surface area contributed by atoms with Gasteiger partial charge in [-0.1, -0.05) is 54.6 Å². The zero-order valence-corrected chi connectivity index (χ0v) is 19.5. The average molecular weight is 492 g/mol. The van der Waals surface area contributed by atoms with E-state index in [1.165, 1.54) is 12.3 Å². The molecule has 1 N–H and O–H groups in total. The zero-order chi connectivity index (χ0) is 25.5. The van der Waals surface area contributed by atoms with E-state index in [9.17, 15) is 18.3 Å². The summed E-state index contributed by atoms with van der Waals surface area (Å²) in [4.78, 5) is 4.26. The van der Waals surface area contributed by atoms with Crippen LogP contribution in [0.25, 0.3) is 0 Å². The first-order valence-electron chi connectivity index (χ1n) is 11.3. The number of phenols is 1. The van der Waals surface area contributed by atoms with Crippen molar-refractivity contribution in [2.45, 2.75) is 19.5 Å². The number of aliphatic imine (C=N–C) groups is 1. The molecule has 0 bridgehead atoms. The molecule has 4 nitrogen and oxygen atoms in total. The molecule has 0 aliphatic rings. The monoisotopic (exact) mass is 491 g/mol. The van der Waals surface area contributed by atoms with E-state index >= 15 is 0 Å². The molecule has 0 heterocycles. The van der Waals surface area contributed by atoms with Crippen LogP contribution in [0.5, 0.6) is 23.0 Å². The lowest BCUT2D eigenvalue weighted by Gasteiger charge is -2.15. The highest BCUT2D eigenvalue weighted by Crippen LogP contribution is 2.39. The first-order valence-corrected chi connectivity index (χ1v) is 11.3. The minimum atomic E-state index is -4.55. The maximum absolute atomic E-state index is 13.4. The van der Waals surface area contributed by atoms with Crippen molar-refractivity contribution in [1.29, 1.82) is 0 Å². The first-order chi connectivity index (χ1) is 17.3. The number of halogens is 3. The molecule has 0 saturated heterocycles. The number of para-hydroxylation sites is 2. The first kappa shape index (κ1) is 24.9. The Kier molecular flexibility index (Phi) is 7.59. The van der Waals surface area contributed by atoms with Crippen molar-refractivity contribution in [2.24, 2.45) is 4.99 Å². The van der Waals surface area contributed by atoms with E-state index in [2.05, 4.69) is 4.99 Å². The van der Waals surface area contributed by atoms with Gasteiger partial charge in [0.05, 0.1) is 12.2 Å². The Balaban J connectivity index is 1.70. The van der Waals surface area contributed by atoms with Crippen LogP contribution in [0.1, 0.15) is 29.2 Å². The number of rotatable bonds is 8. The van der Waals surface area contributed by atoms with Gasteiger partial charge >= 0.3 is 6.18 Å². The molecular weight excluding hydrogens is 467 g/mol. The second-order valence-corrected chi connectivity index (χ2v) is 7.94. The molecule has 0 spiro atoms. The SMILES string of the molecule is CCOc1cccc(C=Nc2cc(C(F)(F)F)ccc2Oc2ccccc2Cc2ccccc2)c1O. The molecule has 4 rings (SSSR count). The van der Waals surface area contributed by atoms with Gasteiger partial charge in [0.1, 0.15) is 11.4 Å². The quantitative estimate of drug-likeness (QED) is 0.255. The fourth-order valence-electron chi connectivity index (χ4n) is 3.62. The number of hydrogen-bond acceptors (Lipinski definition) is 4. The summed E-state index contributed by atoms with van der Waals surface area (Å²) in [7, 11) is 0. The summed E-state index contributed by atoms with van der Waals surface area (Å²) in [6.07, 6.45) is -2.67. The van der Waals surface area contributed by atoms with Gasteiger partial charge in [-0.2, -0.15) is 13.2 Å². The highest BCUT2D eigenvalue weighted by molar-refractivity contribution is 5.87. The van der Waals surface area contributed by atoms with Gasteiger partial charge < -0.3 is 14.6 Å². The molecule has 0 unspecified atom stereocenters. The van der Waals surface area contributed by atoms with Crippen LogP contribution < -0.4 is 9.47 Å². The molecule has 7 heteroatoms. The molecule has 0 aliphatic heterocycles. The molecule has 0 saturated carbocycles. The smallest absolute Gasteiger partial charge is 0.416 e. The van der Waals surface area contributed by atoms with Gasteiger partial charge in [-0.05, 0) is 54.4 Å². The highest BCUT2D eigenvalue weighted by atomic mass is 19.4. The van der Waals surface area contributed by atoms with E-state index in [0.29, 0.717) is 24.3 Å². The minimum absolute atomic E-state index is 0.0273. The van der Waals surface area contributed by atoms with Crippen molar-refractivity contribution in [1.82, 2.24) is 0 Å². The Labute approximate surface area is 207 Å². The molecule has 0 amide bonds. The normalized spacial score (nSPS) is 11.6. The Bertz CT molecular complexity index is 1350. The van der Waals surface area contributed by atoms with Crippen LogP contribution in [0.3, 0.4) is 0 Å². The van der Waals surface area contributed by atoms with Crippen LogP contribution in [0.2, 0.25) is 0 Å². The van der Waals surface area contributed by atoms with Gasteiger partial charge in [0.25, 0.3) is 0 Å². The van der Waals surface area contributed by atoms with Crippen molar-refractivity contribution in [2.75, 3.05) is 6.61 Å². The molecule has 36 heavy (non-hydrogen) atoms. The fourth-order valence-corrected chi connectivity index (χ4v) is 3.62. The molecule has 0 aromatic heterocycles. The van der Waals surface area contributed by atoms with E-state index in [0.717, 1.165) is 23.3 Å². The lowest BCUT2D eigenvalue weighted by molar-refractivity contribution is -0.137. The number of nitrogens with zero attached hydrogens (tertiary/aromatic N) is 1. The van der Waals surface area contributed by atoms with Crippen LogP contribution in [-0.2, 0) is 12.6 Å². The number of alkyl halides is 3. The number of aromatic hydroxyl groups is 1. The Hall–Kier alpha value is -4.26. The summed E-state index contributed by atoms with van der Waals surface area (Å²) in [5, 5.41) is 10.4. The van der Waals surface area contributed by atoms with Crippen molar-refractivity contribution in [3.05, 3.63) is 113 Å². The van der Waals surface area contributed by atoms with Crippen LogP contribution >= 0.6 is 0 Å². The summed E-state index contributed by atoms with van der Waals surface area (Å²) in [5.41, 5.74) is 1.37. The van der Waals surface area contributed by atoms with Gasteiger partial charge in [0, 0.05) is 18.2 Å². The van der Waals surface area contributed by atoms with E-state index < -0.39 is 11.7 Å². The van der Waals surface area contributed by atoms with Crippen molar-refractivity contribution in [3.63, 3.8) is 0 Å². The summed E-state index contributed by atoms with van der Waals surface area (Å²) in [5.74, 6) is 0.779. The van der Waals surface area contributed by atoms with Crippen molar-refractivity contribution in [3.8, 4) is 23.0 Å². The lowest BCUT2D eigenvalue weighted by atomic mass is 10.0. The minimum Gasteiger partial charge on any atom is -0.504 e. The third-order valence-corrected chi connectivity index (χ3v) is 5.39. The predicted molar refractivity (Wildman–Crippen MR) is 134 cm³/mol. The van der Waals surface area contributed by atoms with Gasteiger partial charge in [0.2, 0.25) is 0 Å². The fraction of sp³-hybridized carbons (Fsp3) is 0.138. The van der Waals surface area contributed by atoms with Gasteiger partial charge in [0.15, 0.2) is 17.2 Å². The highest BCUT2D eigenvalue weighted by Gasteiger charge is 2.31. The van der Waals surface area contributed by atoms with Gasteiger partial charge in [-0.3, -0.25) is 4.99 Å². The standard InChI is InChI=1S/C29H24F3NO3/c1-2-35-27-14-8-12-22(28(27)34)19-33-24-18-23(29(30,31)32)15-16-26(24)36-25-13-7-6-11-21(25)17-20-9-4-3-5-10-20/h3-16,18-19,34H,2,17H2,1H3. The summed E-state index contributed by atoms with van der Waals surface area (Å²) < 4.78 is 51.8. The largest absolute Gasteiger partial charge is 0.504 e. The third kappa shape index (κ3) is 6.05. The molecule has 4 aromatic rings. The molecule has 0 radical (unpaired) electrons. The third-order valence-electron chi connectivity index (χ3n) is 5.39. The Morgan fingerprint density at radius 1 is 0.833 bits per heavy atom. The second kappa shape index (κ2) is 11.0. The Morgan fingerprint density at radius 2 is 1.56 bits per heavy atom. The lowest BCUT2D eigenvalue weighted by Crippen LogP contribution is -2.04. The van der Waals surface area contributed by atoms with E-state index in [1.807, 2.05) is 42.5 Å². The summed E-state index contributed by atoms with van der Waals surface area (Å²) in [6.45, 7) is 2.13. The topological polar surface area (TPSA) is 51.0 Å². The van der Waals surface area contributed by atoms with E-state index in [-0.39, 0.29) is 22.9 Å². The maximum Gasteiger partial charge on any atom is 0.416 e. The van der Waals surface area contributed by atoms with Crippen LogP contribution in [-0.4, -0.2) is 17.9 Å². The maximum atomic E-state index is 13.4. The van der Waals surface area contributed by atoms with Crippen LogP contribution in [0.4, 0.5) is 18.9 Å². The molecular formula is C29H24F3NO3. The predicted octanol–water partition coefficient (Wildman–Crippen LogP) is 7.94. The summed E-state index contributed by atoms with van der Waals surface area (Å²) in [6, 6.07) is 25.1. The van der Waals surface area contributed by atoms with Crippen LogP contribution in [0.15, 0.2) is 96.0 Å². The molecule has 0 aliphatic carbocycles. The molecule has 0 atom stereocenters. The number of benzene rings is 4. The van der Waals surface area contributed by atoms with Gasteiger partial charge in [-0.15, -0.1) is 0 Å². The van der Waals surface area contributed by atoms with E-state index in [4.69, 9.17) is 9.47 Å². The number of phenolic OH excluding ortho intramolecular Hbond substituents is 1. The second-order valence-electron chi connectivity index (χ2n) is 7.94. The van der Waals surface area contributed by atoms with Crippen molar-refractivity contribution < 1.29 is 27.8 Å². The average Bonchev–Trinajstić information content (AvgIpc) is 2.86. The Morgan fingerprint density at radius 3 is 2.31 bits per heavy atom. The molecule has 0 fully saturated rings. The summed E-state index contributed by atoms with van der Waals surface area (Å²) >= 11 is 0. The zero-order valence-electron chi connectivity index (χ0n) is 19.5. The van der Waals surface area contributed by atoms with E-state index in [1.54, 1.807) is 37.3 Å². The van der Waals surface area contributed by atoms with Crippen molar-refractivity contribution >= 4 is 11.9 Å². The number of ether oxygens (including phenoxy) is 2.